The van der Waals surface area contributed by atoms with Crippen LogP contribution in [-0.4, -0.2) is 23.0 Å². The molecular weight excluding hydrogens is 412 g/mol. The van der Waals surface area contributed by atoms with Crippen molar-refractivity contribution in [2.24, 2.45) is 0 Å². The quantitative estimate of drug-likeness (QED) is 0.486. The summed E-state index contributed by atoms with van der Waals surface area (Å²) in [5.41, 5.74) is 5.44. The second-order valence-electron chi connectivity index (χ2n) is 9.41. The number of carbonyl (C=O) groups excluding carboxylic acids is 1. The van der Waals surface area contributed by atoms with Gasteiger partial charge in [0.05, 0.1) is 0 Å². The van der Waals surface area contributed by atoms with E-state index in [1.807, 2.05) is 4.90 Å². The van der Waals surface area contributed by atoms with Gasteiger partial charge in [0.2, 0.25) is 0 Å². The fourth-order valence-electron chi connectivity index (χ4n) is 5.33. The van der Waals surface area contributed by atoms with E-state index in [1.165, 1.54) is 30.2 Å². The van der Waals surface area contributed by atoms with Crippen molar-refractivity contribution in [1.29, 1.82) is 0 Å². The lowest BCUT2D eigenvalue weighted by Crippen LogP contribution is -2.51. The monoisotopic (exact) mass is 448 g/mol. The zero-order chi connectivity index (χ0) is 23.2. The molecule has 1 N–H and O–H groups in total. The van der Waals surface area contributed by atoms with Gasteiger partial charge in [-0.25, -0.2) is 4.79 Å². The molecule has 2 aliphatic carbocycles. The van der Waals surface area contributed by atoms with E-state index in [1.54, 1.807) is 12.5 Å². The third-order valence-electron chi connectivity index (χ3n) is 6.83. The maximum atomic E-state index is 14.1. The van der Waals surface area contributed by atoms with E-state index in [2.05, 4.69) is 56.4 Å². The Balaban J connectivity index is 1.73. The van der Waals surface area contributed by atoms with Crippen molar-refractivity contribution < 1.29 is 14.3 Å². The van der Waals surface area contributed by atoms with Gasteiger partial charge in [0.1, 0.15) is 24.8 Å². The first-order valence-corrected chi connectivity index (χ1v) is 12.2. The highest BCUT2D eigenvalue weighted by Crippen LogP contribution is 2.34. The minimum atomic E-state index is -0.297. The van der Waals surface area contributed by atoms with Gasteiger partial charge in [-0.3, -0.25) is 0 Å². The van der Waals surface area contributed by atoms with Crippen LogP contribution in [0.4, 0.5) is 10.5 Å². The van der Waals surface area contributed by atoms with Crippen LogP contribution in [0.5, 0.6) is 0 Å². The largest absolute Gasteiger partial charge is 0.466 e. The molecule has 1 aliphatic heterocycles. The molecule has 33 heavy (non-hydrogen) atoms. The minimum absolute atomic E-state index is 0.0727. The first-order valence-electron chi connectivity index (χ1n) is 12.2. The number of allylic oxidation sites excluding steroid dienone is 3. The van der Waals surface area contributed by atoms with Gasteiger partial charge < -0.3 is 19.7 Å². The molecule has 0 spiro atoms. The molecule has 0 bridgehead atoms. The minimum Gasteiger partial charge on any atom is -0.466 e. The average molecular weight is 449 g/mol. The van der Waals surface area contributed by atoms with Gasteiger partial charge in [-0.05, 0) is 63.2 Å². The van der Waals surface area contributed by atoms with Gasteiger partial charge in [-0.1, -0.05) is 61.6 Å². The maximum absolute atomic E-state index is 14.1. The smallest absolute Gasteiger partial charge is 0.323 e. The van der Waals surface area contributed by atoms with Crippen LogP contribution in [0.25, 0.3) is 0 Å². The predicted octanol–water partition coefficient (Wildman–Crippen LogP) is 7.17. The van der Waals surface area contributed by atoms with Crippen molar-refractivity contribution in [3.05, 3.63) is 77.2 Å². The number of rotatable bonds is 5. The summed E-state index contributed by atoms with van der Waals surface area (Å²) in [5, 5.41) is 3.28. The third kappa shape index (κ3) is 5.52. The lowest BCUT2D eigenvalue weighted by molar-refractivity contribution is 0.134. The molecule has 2 amide bonds. The zero-order valence-corrected chi connectivity index (χ0v) is 20.1. The van der Waals surface area contributed by atoms with Crippen molar-refractivity contribution >= 4 is 11.7 Å². The number of nitrogens with one attached hydrogen (secondary N) is 1. The van der Waals surface area contributed by atoms with Crippen LogP contribution in [0.3, 0.4) is 0 Å². The number of hydrogen-bond donors (Lipinski definition) is 1. The molecule has 1 fully saturated rings. The van der Waals surface area contributed by atoms with E-state index >= 15 is 0 Å². The summed E-state index contributed by atoms with van der Waals surface area (Å²) in [4.78, 5) is 16.1. The van der Waals surface area contributed by atoms with Gasteiger partial charge in [-0.15, -0.1) is 0 Å². The van der Waals surface area contributed by atoms with E-state index < -0.39 is 0 Å². The molecule has 0 saturated heterocycles. The van der Waals surface area contributed by atoms with Gasteiger partial charge in [0.25, 0.3) is 0 Å². The van der Waals surface area contributed by atoms with Gasteiger partial charge in [-0.2, -0.15) is 0 Å². The van der Waals surface area contributed by atoms with Gasteiger partial charge >= 0.3 is 6.03 Å². The van der Waals surface area contributed by atoms with E-state index in [4.69, 9.17) is 9.47 Å². The highest BCUT2D eigenvalue weighted by atomic mass is 16.5. The lowest BCUT2D eigenvalue weighted by Gasteiger charge is -2.40. The number of hydrogen-bond acceptors (Lipinski definition) is 3. The predicted molar refractivity (Wildman–Crippen MR) is 133 cm³/mol. The third-order valence-corrected chi connectivity index (χ3v) is 6.83. The summed E-state index contributed by atoms with van der Waals surface area (Å²) >= 11 is 0. The molecule has 4 rings (SSSR count). The Kier molecular flexibility index (Phi) is 7.58. The molecule has 1 atom stereocenters. The molecule has 1 unspecified atom stereocenters. The number of anilines is 1. The summed E-state index contributed by atoms with van der Waals surface area (Å²) < 4.78 is 11.4. The Labute approximate surface area is 197 Å². The molecule has 5 heteroatoms. The number of carbonyl (C=O) groups is 1. The molecule has 176 valence electrons. The van der Waals surface area contributed by atoms with Crippen LogP contribution >= 0.6 is 0 Å². The number of nitrogens with zero attached hydrogens (tertiary/aromatic N) is 1. The van der Waals surface area contributed by atoms with Crippen LogP contribution in [0.15, 0.2) is 60.5 Å². The Bertz CT molecular complexity index is 958. The number of ether oxygens (including phenoxy) is 2. The molecule has 1 heterocycles. The molecule has 0 aromatic heterocycles. The van der Waals surface area contributed by atoms with Crippen molar-refractivity contribution in [1.82, 2.24) is 4.90 Å². The summed E-state index contributed by atoms with van der Waals surface area (Å²) in [5.74, 6) is 0.663. The SMILES string of the molecule is Cc1cc(C)c(NC(=O)N(C2CCCCCC2)C(C2=CC=CCC2)C2=COC=CO2)c(C)c1. The lowest BCUT2D eigenvalue weighted by atomic mass is 9.93. The Morgan fingerprint density at radius 3 is 2.39 bits per heavy atom. The average Bonchev–Trinajstić information content (AvgIpc) is 3.10. The number of urea groups is 1. The van der Waals surface area contributed by atoms with Crippen molar-refractivity contribution in [2.45, 2.75) is 84.2 Å². The molecule has 1 saturated carbocycles. The Morgan fingerprint density at radius 2 is 1.79 bits per heavy atom. The Morgan fingerprint density at radius 1 is 1.06 bits per heavy atom. The fraction of sp³-hybridized carbons (Fsp3) is 0.464. The van der Waals surface area contributed by atoms with Crippen molar-refractivity contribution in [3.8, 4) is 0 Å². The molecule has 0 radical (unpaired) electrons. The summed E-state index contributed by atoms with van der Waals surface area (Å²) in [6.07, 6.45) is 19.7. The topological polar surface area (TPSA) is 50.8 Å². The number of aryl methyl sites for hydroxylation is 3. The Hall–Kier alpha value is -2.95. The summed E-state index contributed by atoms with van der Waals surface area (Å²) in [7, 11) is 0. The standard InChI is InChI=1S/C28H36N2O3/c1-20-17-21(2)26(22(3)18-20)29-28(31)30(24-13-9-4-5-10-14-24)27(23-11-7-6-8-12-23)25-19-32-15-16-33-25/h6-7,11,15-19,24,27H,4-5,8-10,12-14H2,1-3H3,(H,29,31). The van der Waals surface area contributed by atoms with Gasteiger partial charge in [0, 0.05) is 11.7 Å². The highest BCUT2D eigenvalue weighted by Gasteiger charge is 2.37. The number of benzene rings is 1. The molecular formula is C28H36N2O3. The molecule has 5 nitrogen and oxygen atoms in total. The second kappa shape index (κ2) is 10.8. The number of amides is 2. The highest BCUT2D eigenvalue weighted by molar-refractivity contribution is 5.92. The van der Waals surface area contributed by atoms with Gasteiger partial charge in [0.15, 0.2) is 5.76 Å². The van der Waals surface area contributed by atoms with Crippen LogP contribution in [0, 0.1) is 20.8 Å². The molecule has 1 aromatic carbocycles. The summed E-state index contributed by atoms with van der Waals surface area (Å²) in [6.45, 7) is 6.20. The maximum Gasteiger partial charge on any atom is 0.323 e. The van der Waals surface area contributed by atoms with Crippen LogP contribution in [0.2, 0.25) is 0 Å². The van der Waals surface area contributed by atoms with Crippen LogP contribution < -0.4 is 5.32 Å². The van der Waals surface area contributed by atoms with Crippen LogP contribution in [0.1, 0.15) is 68.1 Å². The van der Waals surface area contributed by atoms with E-state index in [9.17, 15) is 4.79 Å². The van der Waals surface area contributed by atoms with Crippen LogP contribution in [-0.2, 0) is 9.47 Å². The zero-order valence-electron chi connectivity index (χ0n) is 20.1. The molecule has 3 aliphatic rings. The first kappa shape index (κ1) is 23.2. The second-order valence-corrected chi connectivity index (χ2v) is 9.41. The van der Waals surface area contributed by atoms with Crippen molar-refractivity contribution in [2.75, 3.05) is 5.32 Å². The van der Waals surface area contributed by atoms with Crippen molar-refractivity contribution in [3.63, 3.8) is 0 Å². The fourth-order valence-corrected chi connectivity index (χ4v) is 5.33. The van der Waals surface area contributed by atoms with E-state index in [0.29, 0.717) is 5.76 Å². The normalized spacial score (nSPS) is 19.5. The summed E-state index contributed by atoms with van der Waals surface area (Å²) in [6, 6.07) is 4.02. The molecule has 1 aromatic rings. The first-order chi connectivity index (χ1) is 16.0. The van der Waals surface area contributed by atoms with E-state index in [0.717, 1.165) is 55.3 Å². The van der Waals surface area contributed by atoms with E-state index in [-0.39, 0.29) is 18.1 Å².